The summed E-state index contributed by atoms with van der Waals surface area (Å²) in [5.74, 6) is -1.62. The molecule has 2 nitrogen and oxygen atoms in total. The third kappa shape index (κ3) is 2.90. The maximum atomic E-state index is 13.8. The molecule has 0 aromatic heterocycles. The summed E-state index contributed by atoms with van der Waals surface area (Å²) < 4.78 is 27.1. The Balaban J connectivity index is 2.28. The van der Waals surface area contributed by atoms with Crippen LogP contribution in [0.15, 0.2) is 42.5 Å². The number of hydrogen-bond donors (Lipinski definition) is 1. The number of hydrogen-bond acceptors (Lipinski definition) is 2. The van der Waals surface area contributed by atoms with Crippen LogP contribution < -0.4 is 10.2 Å². The maximum absolute atomic E-state index is 13.8. The van der Waals surface area contributed by atoms with E-state index in [2.05, 4.69) is 5.32 Å². The zero-order chi connectivity index (χ0) is 14.7. The summed E-state index contributed by atoms with van der Waals surface area (Å²) in [7, 11) is 3.88. The van der Waals surface area contributed by atoms with Crippen molar-refractivity contribution in [3.8, 4) is 0 Å². The predicted octanol–water partition coefficient (Wildman–Crippen LogP) is 4.20. The molecule has 0 bridgehead atoms. The van der Waals surface area contributed by atoms with Crippen LogP contribution in [0, 0.1) is 11.6 Å². The Morgan fingerprint density at radius 2 is 1.70 bits per heavy atom. The van der Waals surface area contributed by atoms with Crippen LogP contribution in [0.2, 0.25) is 0 Å². The number of para-hydroxylation sites is 2. The summed E-state index contributed by atoms with van der Waals surface area (Å²) in [5, 5.41) is 3.23. The highest BCUT2D eigenvalue weighted by Gasteiger charge is 2.15. The molecule has 0 amide bonds. The van der Waals surface area contributed by atoms with Crippen LogP contribution in [-0.2, 0) is 0 Å². The van der Waals surface area contributed by atoms with Gasteiger partial charge in [0.25, 0.3) is 0 Å². The molecule has 0 aliphatic heterocycles. The summed E-state index contributed by atoms with van der Waals surface area (Å²) >= 11 is 0. The van der Waals surface area contributed by atoms with Gasteiger partial charge in [0, 0.05) is 19.7 Å². The van der Waals surface area contributed by atoms with E-state index in [9.17, 15) is 8.78 Å². The lowest BCUT2D eigenvalue weighted by Gasteiger charge is -2.22. The molecular weight excluding hydrogens is 258 g/mol. The topological polar surface area (TPSA) is 15.3 Å². The third-order valence-electron chi connectivity index (χ3n) is 3.21. The van der Waals surface area contributed by atoms with E-state index in [4.69, 9.17) is 0 Å². The summed E-state index contributed by atoms with van der Waals surface area (Å²) in [4.78, 5) is 1.97. The van der Waals surface area contributed by atoms with Gasteiger partial charge in [0.15, 0.2) is 11.6 Å². The van der Waals surface area contributed by atoms with Crippen LogP contribution in [0.3, 0.4) is 0 Å². The van der Waals surface area contributed by atoms with Gasteiger partial charge in [0.2, 0.25) is 0 Å². The van der Waals surface area contributed by atoms with E-state index in [0.717, 1.165) is 17.4 Å². The molecule has 20 heavy (non-hydrogen) atoms. The van der Waals surface area contributed by atoms with Crippen LogP contribution in [-0.4, -0.2) is 14.1 Å². The second-order valence-electron chi connectivity index (χ2n) is 4.92. The van der Waals surface area contributed by atoms with E-state index >= 15 is 0 Å². The smallest absolute Gasteiger partial charge is 0.164 e. The standard InChI is InChI=1S/C16H18F2N2/c1-11(12-7-6-8-13(17)16(12)18)19-14-9-4-5-10-15(14)20(2)3/h4-11,19H,1-3H3. The molecule has 2 aromatic carbocycles. The molecule has 1 atom stereocenters. The number of anilines is 2. The number of rotatable bonds is 4. The van der Waals surface area contributed by atoms with Gasteiger partial charge in [0.05, 0.1) is 17.4 Å². The van der Waals surface area contributed by atoms with Crippen molar-refractivity contribution >= 4 is 11.4 Å². The summed E-state index contributed by atoms with van der Waals surface area (Å²) in [5.41, 5.74) is 2.20. The van der Waals surface area contributed by atoms with Gasteiger partial charge in [-0.1, -0.05) is 24.3 Å². The molecule has 0 aliphatic rings. The molecule has 1 unspecified atom stereocenters. The van der Waals surface area contributed by atoms with E-state index in [1.165, 1.54) is 6.07 Å². The molecule has 0 radical (unpaired) electrons. The van der Waals surface area contributed by atoms with Crippen molar-refractivity contribution in [2.45, 2.75) is 13.0 Å². The number of halogens is 2. The quantitative estimate of drug-likeness (QED) is 0.900. The highest BCUT2D eigenvalue weighted by molar-refractivity contribution is 5.69. The molecule has 0 heterocycles. The predicted molar refractivity (Wildman–Crippen MR) is 79.2 cm³/mol. The molecular formula is C16H18F2N2. The Kier molecular flexibility index (Phi) is 4.23. The Bertz CT molecular complexity index is 597. The monoisotopic (exact) mass is 276 g/mol. The first-order valence-electron chi connectivity index (χ1n) is 6.47. The second kappa shape index (κ2) is 5.90. The van der Waals surface area contributed by atoms with Crippen molar-refractivity contribution in [1.82, 2.24) is 0 Å². The van der Waals surface area contributed by atoms with Gasteiger partial charge in [-0.25, -0.2) is 8.78 Å². The van der Waals surface area contributed by atoms with Gasteiger partial charge in [-0.05, 0) is 25.1 Å². The number of benzene rings is 2. The Morgan fingerprint density at radius 3 is 2.40 bits per heavy atom. The van der Waals surface area contributed by atoms with Crippen molar-refractivity contribution in [3.05, 3.63) is 59.7 Å². The van der Waals surface area contributed by atoms with E-state index in [1.807, 2.05) is 50.2 Å². The SMILES string of the molecule is CC(Nc1ccccc1N(C)C)c1cccc(F)c1F. The third-order valence-corrected chi connectivity index (χ3v) is 3.21. The fourth-order valence-corrected chi connectivity index (χ4v) is 2.15. The average Bonchev–Trinajstić information content (AvgIpc) is 2.42. The number of nitrogens with zero attached hydrogens (tertiary/aromatic N) is 1. The van der Waals surface area contributed by atoms with Crippen molar-refractivity contribution in [3.63, 3.8) is 0 Å². The highest BCUT2D eigenvalue weighted by atomic mass is 19.2. The van der Waals surface area contributed by atoms with E-state index in [0.29, 0.717) is 5.56 Å². The normalized spacial score (nSPS) is 12.1. The van der Waals surface area contributed by atoms with Crippen molar-refractivity contribution in [2.24, 2.45) is 0 Å². The average molecular weight is 276 g/mol. The number of nitrogens with one attached hydrogen (secondary N) is 1. The second-order valence-corrected chi connectivity index (χ2v) is 4.92. The van der Waals surface area contributed by atoms with Crippen molar-refractivity contribution in [1.29, 1.82) is 0 Å². The van der Waals surface area contributed by atoms with Crippen LogP contribution in [0.5, 0.6) is 0 Å². The molecule has 4 heteroatoms. The zero-order valence-electron chi connectivity index (χ0n) is 11.8. The fourth-order valence-electron chi connectivity index (χ4n) is 2.15. The molecule has 2 rings (SSSR count). The van der Waals surface area contributed by atoms with Gasteiger partial charge >= 0.3 is 0 Å². The molecule has 0 spiro atoms. The Labute approximate surface area is 118 Å². The van der Waals surface area contributed by atoms with Crippen LogP contribution in [0.1, 0.15) is 18.5 Å². The summed E-state index contributed by atoms with van der Waals surface area (Å²) in [6.07, 6.45) is 0. The maximum Gasteiger partial charge on any atom is 0.164 e. The minimum atomic E-state index is -0.822. The molecule has 106 valence electrons. The zero-order valence-corrected chi connectivity index (χ0v) is 11.8. The molecule has 0 saturated carbocycles. The lowest BCUT2D eigenvalue weighted by molar-refractivity contribution is 0.494. The largest absolute Gasteiger partial charge is 0.377 e. The Hall–Kier alpha value is -2.10. The van der Waals surface area contributed by atoms with E-state index in [-0.39, 0.29) is 6.04 Å². The molecule has 0 aliphatic carbocycles. The van der Waals surface area contributed by atoms with Crippen LogP contribution in [0.25, 0.3) is 0 Å². The van der Waals surface area contributed by atoms with Gasteiger partial charge in [-0.15, -0.1) is 0 Å². The van der Waals surface area contributed by atoms with E-state index < -0.39 is 11.6 Å². The molecule has 2 aromatic rings. The van der Waals surface area contributed by atoms with E-state index in [1.54, 1.807) is 6.07 Å². The molecule has 0 saturated heterocycles. The fraction of sp³-hybridized carbons (Fsp3) is 0.250. The lowest BCUT2D eigenvalue weighted by atomic mass is 10.1. The molecule has 1 N–H and O–H groups in total. The van der Waals surface area contributed by atoms with Crippen LogP contribution in [0.4, 0.5) is 20.2 Å². The van der Waals surface area contributed by atoms with Gasteiger partial charge in [-0.2, -0.15) is 0 Å². The molecule has 0 fully saturated rings. The minimum Gasteiger partial charge on any atom is -0.377 e. The first-order valence-corrected chi connectivity index (χ1v) is 6.47. The summed E-state index contributed by atoms with van der Waals surface area (Å²) in [6.45, 7) is 1.81. The minimum absolute atomic E-state index is 0.318. The van der Waals surface area contributed by atoms with Crippen molar-refractivity contribution < 1.29 is 8.78 Å². The lowest BCUT2D eigenvalue weighted by Crippen LogP contribution is -2.15. The van der Waals surface area contributed by atoms with Crippen LogP contribution >= 0.6 is 0 Å². The summed E-state index contributed by atoms with van der Waals surface area (Å²) in [6, 6.07) is 11.6. The van der Waals surface area contributed by atoms with Gasteiger partial charge < -0.3 is 10.2 Å². The Morgan fingerprint density at radius 1 is 1.00 bits per heavy atom. The first-order chi connectivity index (χ1) is 9.50. The first kappa shape index (κ1) is 14.3. The van der Waals surface area contributed by atoms with Gasteiger partial charge in [-0.3, -0.25) is 0 Å². The van der Waals surface area contributed by atoms with Gasteiger partial charge in [0.1, 0.15) is 0 Å². The highest BCUT2D eigenvalue weighted by Crippen LogP contribution is 2.29. The van der Waals surface area contributed by atoms with Crippen molar-refractivity contribution in [2.75, 3.05) is 24.3 Å².